The SMILES string of the molecule is CN(C)C(=O)c1cccc(CCNC(=O)C2COc3ccccc32)c1. The molecule has 5 nitrogen and oxygen atoms in total. The summed E-state index contributed by atoms with van der Waals surface area (Å²) in [6, 6.07) is 15.2. The predicted molar refractivity (Wildman–Crippen MR) is 95.9 cm³/mol. The topological polar surface area (TPSA) is 58.6 Å². The van der Waals surface area contributed by atoms with Gasteiger partial charge in [0.25, 0.3) is 5.91 Å². The summed E-state index contributed by atoms with van der Waals surface area (Å²) in [6.07, 6.45) is 0.676. The Labute approximate surface area is 147 Å². The Hall–Kier alpha value is -2.82. The summed E-state index contributed by atoms with van der Waals surface area (Å²) in [5, 5.41) is 2.97. The summed E-state index contributed by atoms with van der Waals surface area (Å²) in [6.45, 7) is 0.912. The molecule has 5 heteroatoms. The van der Waals surface area contributed by atoms with Crippen LogP contribution in [0.5, 0.6) is 5.75 Å². The van der Waals surface area contributed by atoms with E-state index in [1.807, 2.05) is 42.5 Å². The van der Waals surface area contributed by atoms with Crippen LogP contribution < -0.4 is 10.1 Å². The first-order valence-electron chi connectivity index (χ1n) is 8.36. The highest BCUT2D eigenvalue weighted by Crippen LogP contribution is 2.33. The summed E-state index contributed by atoms with van der Waals surface area (Å²) in [5.74, 6) is 0.492. The van der Waals surface area contributed by atoms with Gasteiger partial charge >= 0.3 is 0 Å². The van der Waals surface area contributed by atoms with E-state index >= 15 is 0 Å². The highest BCUT2D eigenvalue weighted by Gasteiger charge is 2.29. The Morgan fingerprint density at radius 1 is 1.16 bits per heavy atom. The van der Waals surface area contributed by atoms with E-state index in [9.17, 15) is 9.59 Å². The molecule has 0 saturated carbocycles. The summed E-state index contributed by atoms with van der Waals surface area (Å²) < 4.78 is 5.56. The van der Waals surface area contributed by atoms with Gasteiger partial charge in [-0.15, -0.1) is 0 Å². The molecule has 130 valence electrons. The average Bonchev–Trinajstić information content (AvgIpc) is 3.05. The van der Waals surface area contributed by atoms with Gasteiger partial charge in [0.05, 0.1) is 0 Å². The molecule has 1 unspecified atom stereocenters. The van der Waals surface area contributed by atoms with E-state index in [0.29, 0.717) is 25.1 Å². The molecule has 1 N–H and O–H groups in total. The first-order valence-corrected chi connectivity index (χ1v) is 8.36. The molecule has 1 aliphatic heterocycles. The molecule has 1 aliphatic rings. The Morgan fingerprint density at radius 3 is 2.76 bits per heavy atom. The molecule has 0 radical (unpaired) electrons. The molecule has 0 bridgehead atoms. The van der Waals surface area contributed by atoms with Crippen LogP contribution in [0, 0.1) is 0 Å². The lowest BCUT2D eigenvalue weighted by Crippen LogP contribution is -2.31. The molecule has 0 spiro atoms. The maximum Gasteiger partial charge on any atom is 0.253 e. The van der Waals surface area contributed by atoms with Crippen LogP contribution in [0.4, 0.5) is 0 Å². The molecule has 0 saturated heterocycles. The van der Waals surface area contributed by atoms with Crippen LogP contribution >= 0.6 is 0 Å². The first-order chi connectivity index (χ1) is 12.1. The minimum atomic E-state index is -0.252. The Balaban J connectivity index is 1.56. The zero-order valence-corrected chi connectivity index (χ0v) is 14.5. The molecular weight excluding hydrogens is 316 g/mol. The number of ether oxygens (including phenoxy) is 1. The van der Waals surface area contributed by atoms with Crippen LogP contribution in [0.1, 0.15) is 27.4 Å². The molecule has 1 heterocycles. The second-order valence-corrected chi connectivity index (χ2v) is 6.34. The fourth-order valence-corrected chi connectivity index (χ4v) is 2.95. The van der Waals surface area contributed by atoms with Crippen LogP contribution in [-0.4, -0.2) is 44.0 Å². The lowest BCUT2D eigenvalue weighted by Gasteiger charge is -2.12. The van der Waals surface area contributed by atoms with Crippen molar-refractivity contribution in [3.8, 4) is 5.75 Å². The third-order valence-corrected chi connectivity index (χ3v) is 4.31. The number of nitrogens with zero attached hydrogens (tertiary/aromatic N) is 1. The lowest BCUT2D eigenvalue weighted by atomic mass is 10.0. The molecule has 0 aromatic heterocycles. The molecule has 1 atom stereocenters. The van der Waals surface area contributed by atoms with Crippen molar-refractivity contribution in [2.45, 2.75) is 12.3 Å². The van der Waals surface area contributed by atoms with E-state index in [4.69, 9.17) is 4.74 Å². The van der Waals surface area contributed by atoms with Crippen LogP contribution in [-0.2, 0) is 11.2 Å². The Morgan fingerprint density at radius 2 is 1.96 bits per heavy atom. The van der Waals surface area contributed by atoms with E-state index in [0.717, 1.165) is 16.9 Å². The van der Waals surface area contributed by atoms with Gasteiger partial charge in [-0.2, -0.15) is 0 Å². The Bertz CT molecular complexity index is 786. The summed E-state index contributed by atoms with van der Waals surface area (Å²) >= 11 is 0. The Kier molecular flexibility index (Phi) is 5.03. The van der Waals surface area contributed by atoms with Crippen molar-refractivity contribution in [1.82, 2.24) is 10.2 Å². The van der Waals surface area contributed by atoms with Gasteiger partial charge < -0.3 is 15.0 Å². The van der Waals surface area contributed by atoms with Gasteiger partial charge in [-0.3, -0.25) is 9.59 Å². The van der Waals surface area contributed by atoms with Gasteiger partial charge in [-0.1, -0.05) is 30.3 Å². The van der Waals surface area contributed by atoms with Crippen molar-refractivity contribution in [1.29, 1.82) is 0 Å². The number of hydrogen-bond acceptors (Lipinski definition) is 3. The molecular formula is C20H22N2O3. The zero-order valence-electron chi connectivity index (χ0n) is 14.5. The molecule has 2 amide bonds. The van der Waals surface area contributed by atoms with Crippen LogP contribution in [0.2, 0.25) is 0 Å². The van der Waals surface area contributed by atoms with E-state index in [-0.39, 0.29) is 17.7 Å². The molecule has 3 rings (SSSR count). The fourth-order valence-electron chi connectivity index (χ4n) is 2.95. The second kappa shape index (κ2) is 7.38. The third-order valence-electron chi connectivity index (χ3n) is 4.31. The number of hydrogen-bond donors (Lipinski definition) is 1. The van der Waals surface area contributed by atoms with Gasteiger partial charge in [0.2, 0.25) is 5.91 Å². The van der Waals surface area contributed by atoms with Gasteiger partial charge in [0.15, 0.2) is 0 Å². The number of fused-ring (bicyclic) bond motifs is 1. The fraction of sp³-hybridized carbons (Fsp3) is 0.300. The summed E-state index contributed by atoms with van der Waals surface area (Å²) in [5.41, 5.74) is 2.63. The van der Waals surface area contributed by atoms with Gasteiger partial charge in [0.1, 0.15) is 18.3 Å². The largest absolute Gasteiger partial charge is 0.492 e. The van der Waals surface area contributed by atoms with Crippen molar-refractivity contribution in [3.05, 3.63) is 65.2 Å². The highest BCUT2D eigenvalue weighted by molar-refractivity contribution is 5.94. The first kappa shape index (κ1) is 17.0. The molecule has 0 aliphatic carbocycles. The maximum absolute atomic E-state index is 12.4. The number of carbonyl (C=O) groups is 2. The number of carbonyl (C=O) groups excluding carboxylic acids is 2. The van der Waals surface area contributed by atoms with Crippen molar-refractivity contribution >= 4 is 11.8 Å². The van der Waals surface area contributed by atoms with Gasteiger partial charge in [-0.25, -0.2) is 0 Å². The number of benzene rings is 2. The lowest BCUT2D eigenvalue weighted by molar-refractivity contribution is -0.122. The standard InChI is InChI=1S/C20H22N2O3/c1-22(2)20(24)15-7-5-6-14(12-15)10-11-21-19(23)17-13-25-18-9-4-3-8-16(17)18/h3-9,12,17H,10-11,13H2,1-2H3,(H,21,23). The number of amides is 2. The van der Waals surface area contributed by atoms with E-state index < -0.39 is 0 Å². The number of rotatable bonds is 5. The number of para-hydroxylation sites is 1. The van der Waals surface area contributed by atoms with Crippen molar-refractivity contribution in [2.24, 2.45) is 0 Å². The summed E-state index contributed by atoms with van der Waals surface area (Å²) in [4.78, 5) is 26.0. The zero-order chi connectivity index (χ0) is 17.8. The molecule has 2 aromatic rings. The van der Waals surface area contributed by atoms with Crippen LogP contribution in [0.3, 0.4) is 0 Å². The quantitative estimate of drug-likeness (QED) is 0.909. The predicted octanol–water partition coefficient (Wildman–Crippen LogP) is 2.22. The average molecular weight is 338 g/mol. The monoisotopic (exact) mass is 338 g/mol. The van der Waals surface area contributed by atoms with Crippen molar-refractivity contribution in [3.63, 3.8) is 0 Å². The van der Waals surface area contributed by atoms with Crippen LogP contribution in [0.25, 0.3) is 0 Å². The van der Waals surface area contributed by atoms with Gasteiger partial charge in [0, 0.05) is 31.8 Å². The summed E-state index contributed by atoms with van der Waals surface area (Å²) in [7, 11) is 3.47. The van der Waals surface area contributed by atoms with Crippen molar-refractivity contribution < 1.29 is 14.3 Å². The highest BCUT2D eigenvalue weighted by atomic mass is 16.5. The van der Waals surface area contributed by atoms with Crippen LogP contribution in [0.15, 0.2) is 48.5 Å². The van der Waals surface area contributed by atoms with E-state index in [1.54, 1.807) is 25.1 Å². The van der Waals surface area contributed by atoms with Crippen molar-refractivity contribution in [2.75, 3.05) is 27.2 Å². The second-order valence-electron chi connectivity index (χ2n) is 6.34. The molecule has 25 heavy (non-hydrogen) atoms. The maximum atomic E-state index is 12.4. The minimum absolute atomic E-state index is 0.0226. The van der Waals surface area contributed by atoms with E-state index in [1.165, 1.54) is 0 Å². The van der Waals surface area contributed by atoms with Gasteiger partial charge in [-0.05, 0) is 30.2 Å². The smallest absolute Gasteiger partial charge is 0.253 e. The molecule has 2 aromatic carbocycles. The molecule has 0 fully saturated rings. The normalized spacial score (nSPS) is 15.2. The third kappa shape index (κ3) is 3.82. The number of nitrogens with one attached hydrogen (secondary N) is 1. The van der Waals surface area contributed by atoms with E-state index in [2.05, 4.69) is 5.32 Å². The minimum Gasteiger partial charge on any atom is -0.492 e.